The van der Waals surface area contributed by atoms with Crippen molar-refractivity contribution in [2.45, 2.75) is 6.54 Å². The number of hydrogen-bond donors (Lipinski definition) is 3. The molecule has 0 bridgehead atoms. The zero-order valence-electron chi connectivity index (χ0n) is 10.6. The van der Waals surface area contributed by atoms with Gasteiger partial charge in [-0.1, -0.05) is 27.2 Å². The maximum atomic E-state index is 13.7. The average molecular weight is 357 g/mol. The number of halogens is 3. The lowest BCUT2D eigenvalue weighted by molar-refractivity contribution is 0.318. The molecule has 0 amide bonds. The number of hydrogen-bond acceptors (Lipinski definition) is 4. The van der Waals surface area contributed by atoms with E-state index in [1.165, 1.54) is 6.20 Å². The van der Waals surface area contributed by atoms with Crippen LogP contribution in [-0.2, 0) is 6.54 Å². The van der Waals surface area contributed by atoms with Gasteiger partial charge in [0.05, 0.1) is 0 Å². The summed E-state index contributed by atoms with van der Waals surface area (Å²) >= 11 is 3.01. The minimum atomic E-state index is -0.726. The number of nitrogens with two attached hydrogens (primary N) is 1. The van der Waals surface area contributed by atoms with Crippen molar-refractivity contribution in [1.82, 2.24) is 4.98 Å². The topological polar surface area (TPSA) is 83.5 Å². The van der Waals surface area contributed by atoms with Crippen LogP contribution < -0.4 is 11.1 Å². The van der Waals surface area contributed by atoms with E-state index in [1.54, 1.807) is 12.1 Å². The Kier molecular flexibility index (Phi) is 4.69. The summed E-state index contributed by atoms with van der Waals surface area (Å²) in [6, 6.07) is 5.60. The highest BCUT2D eigenvalue weighted by Crippen LogP contribution is 2.24. The van der Waals surface area contributed by atoms with Crippen LogP contribution >= 0.6 is 15.9 Å². The van der Waals surface area contributed by atoms with E-state index in [1.807, 2.05) is 0 Å². The molecule has 21 heavy (non-hydrogen) atoms. The van der Waals surface area contributed by atoms with Gasteiger partial charge in [0.2, 0.25) is 0 Å². The summed E-state index contributed by atoms with van der Waals surface area (Å²) in [4.78, 5) is 3.97. The van der Waals surface area contributed by atoms with E-state index in [0.29, 0.717) is 10.0 Å². The lowest BCUT2D eigenvalue weighted by Crippen LogP contribution is -2.19. The first-order valence-electron chi connectivity index (χ1n) is 5.83. The van der Waals surface area contributed by atoms with Gasteiger partial charge in [0.15, 0.2) is 5.84 Å². The van der Waals surface area contributed by atoms with Gasteiger partial charge in [-0.3, -0.25) is 4.98 Å². The molecule has 0 saturated heterocycles. The molecule has 0 aliphatic carbocycles. The number of nitrogens with zero attached hydrogens (tertiary/aromatic N) is 2. The van der Waals surface area contributed by atoms with Crippen LogP contribution in [0.3, 0.4) is 0 Å². The predicted molar refractivity (Wildman–Crippen MR) is 78.1 cm³/mol. The lowest BCUT2D eigenvalue weighted by atomic mass is 10.1. The van der Waals surface area contributed by atoms with Crippen molar-refractivity contribution in [3.63, 3.8) is 0 Å². The van der Waals surface area contributed by atoms with Crippen LogP contribution in [-0.4, -0.2) is 16.0 Å². The SMILES string of the molecule is NC(=NO)c1ncccc1CNc1c(F)cc(Br)cc1F. The van der Waals surface area contributed by atoms with Crippen LogP contribution in [0.25, 0.3) is 0 Å². The molecule has 0 saturated carbocycles. The molecule has 0 aliphatic heterocycles. The second-order valence-electron chi connectivity index (χ2n) is 4.09. The first-order chi connectivity index (χ1) is 10.0. The molecular formula is C13H11BrF2N4O. The Hall–Kier alpha value is -2.22. The van der Waals surface area contributed by atoms with Gasteiger partial charge in [-0.2, -0.15) is 0 Å². The van der Waals surface area contributed by atoms with Crippen LogP contribution in [0.1, 0.15) is 11.3 Å². The Morgan fingerprint density at radius 2 is 2.05 bits per heavy atom. The maximum Gasteiger partial charge on any atom is 0.189 e. The second kappa shape index (κ2) is 6.49. The van der Waals surface area contributed by atoms with E-state index in [4.69, 9.17) is 10.9 Å². The number of aromatic nitrogens is 1. The minimum Gasteiger partial charge on any atom is -0.409 e. The third-order valence-electron chi connectivity index (χ3n) is 2.70. The van der Waals surface area contributed by atoms with E-state index < -0.39 is 11.6 Å². The summed E-state index contributed by atoms with van der Waals surface area (Å²) in [6.45, 7) is 0.0644. The molecule has 8 heteroatoms. The van der Waals surface area contributed by atoms with E-state index >= 15 is 0 Å². The van der Waals surface area contributed by atoms with Gasteiger partial charge < -0.3 is 16.3 Å². The smallest absolute Gasteiger partial charge is 0.189 e. The molecular weight excluding hydrogens is 346 g/mol. The Morgan fingerprint density at radius 1 is 1.38 bits per heavy atom. The van der Waals surface area contributed by atoms with E-state index in [-0.39, 0.29) is 23.8 Å². The molecule has 2 rings (SSSR count). The van der Waals surface area contributed by atoms with Crippen LogP contribution in [0.4, 0.5) is 14.5 Å². The number of pyridine rings is 1. The largest absolute Gasteiger partial charge is 0.409 e. The van der Waals surface area contributed by atoms with Crippen LogP contribution in [0.15, 0.2) is 40.1 Å². The highest BCUT2D eigenvalue weighted by atomic mass is 79.9. The molecule has 0 unspecified atom stereocenters. The number of anilines is 1. The maximum absolute atomic E-state index is 13.7. The zero-order valence-corrected chi connectivity index (χ0v) is 12.2. The number of amidine groups is 1. The monoisotopic (exact) mass is 356 g/mol. The Labute approximate surface area is 127 Å². The molecule has 0 fully saturated rings. The number of nitrogens with one attached hydrogen (secondary N) is 1. The van der Waals surface area contributed by atoms with Gasteiger partial charge in [-0.25, -0.2) is 8.78 Å². The fourth-order valence-electron chi connectivity index (χ4n) is 1.75. The molecule has 0 spiro atoms. The minimum absolute atomic E-state index is 0.0644. The second-order valence-corrected chi connectivity index (χ2v) is 5.01. The van der Waals surface area contributed by atoms with Gasteiger partial charge in [-0.15, -0.1) is 0 Å². The Balaban J connectivity index is 2.26. The normalized spacial score (nSPS) is 11.5. The average Bonchev–Trinajstić information content (AvgIpc) is 2.45. The fourth-order valence-corrected chi connectivity index (χ4v) is 2.16. The lowest BCUT2D eigenvalue weighted by Gasteiger charge is -2.11. The molecule has 0 radical (unpaired) electrons. The predicted octanol–water partition coefficient (Wildman–Crippen LogP) is 2.83. The highest BCUT2D eigenvalue weighted by molar-refractivity contribution is 9.10. The molecule has 1 aromatic heterocycles. The summed E-state index contributed by atoms with van der Waals surface area (Å²) < 4.78 is 27.7. The quantitative estimate of drug-likeness (QED) is 0.340. The van der Waals surface area contributed by atoms with Crippen molar-refractivity contribution in [2.24, 2.45) is 10.9 Å². The molecule has 5 nitrogen and oxygen atoms in total. The summed E-state index contributed by atoms with van der Waals surface area (Å²) in [5.74, 6) is -1.63. The molecule has 1 aromatic carbocycles. The third-order valence-corrected chi connectivity index (χ3v) is 3.16. The zero-order chi connectivity index (χ0) is 15.4. The number of oxime groups is 1. The fraction of sp³-hybridized carbons (Fsp3) is 0.0769. The Bertz CT molecular complexity index is 671. The molecule has 1 heterocycles. The molecule has 0 atom stereocenters. The highest BCUT2D eigenvalue weighted by Gasteiger charge is 2.12. The van der Waals surface area contributed by atoms with Gasteiger partial charge in [0.1, 0.15) is 23.0 Å². The van der Waals surface area contributed by atoms with Crippen LogP contribution in [0, 0.1) is 11.6 Å². The Morgan fingerprint density at radius 3 is 2.67 bits per heavy atom. The number of rotatable bonds is 4. The molecule has 4 N–H and O–H groups in total. The van der Waals surface area contributed by atoms with Crippen molar-refractivity contribution in [1.29, 1.82) is 0 Å². The summed E-state index contributed by atoms with van der Waals surface area (Å²) in [6.07, 6.45) is 1.47. The summed E-state index contributed by atoms with van der Waals surface area (Å²) in [5.41, 5.74) is 6.02. The first-order valence-corrected chi connectivity index (χ1v) is 6.62. The van der Waals surface area contributed by atoms with Gasteiger partial charge in [0.25, 0.3) is 0 Å². The standard InChI is InChI=1S/C13H11BrF2N4O/c14-8-4-9(15)12(10(16)5-8)19-6-7-2-1-3-18-11(7)13(17)20-21/h1-5,19,21H,6H2,(H2,17,20). The van der Waals surface area contributed by atoms with E-state index in [0.717, 1.165) is 12.1 Å². The van der Waals surface area contributed by atoms with E-state index in [9.17, 15) is 8.78 Å². The van der Waals surface area contributed by atoms with Crippen molar-refractivity contribution in [3.05, 3.63) is 57.8 Å². The number of benzene rings is 1. The summed E-state index contributed by atoms with van der Waals surface area (Å²) in [7, 11) is 0. The van der Waals surface area contributed by atoms with Gasteiger partial charge in [0, 0.05) is 22.8 Å². The van der Waals surface area contributed by atoms with Crippen molar-refractivity contribution in [2.75, 3.05) is 5.32 Å². The van der Waals surface area contributed by atoms with Crippen LogP contribution in [0.2, 0.25) is 0 Å². The molecule has 0 aliphatic rings. The van der Waals surface area contributed by atoms with Gasteiger partial charge in [-0.05, 0) is 18.2 Å². The van der Waals surface area contributed by atoms with Crippen LogP contribution in [0.5, 0.6) is 0 Å². The van der Waals surface area contributed by atoms with Gasteiger partial charge >= 0.3 is 0 Å². The molecule has 110 valence electrons. The van der Waals surface area contributed by atoms with Crippen molar-refractivity contribution < 1.29 is 14.0 Å². The first kappa shape index (κ1) is 15.2. The summed E-state index contributed by atoms with van der Waals surface area (Å²) in [5, 5.41) is 14.2. The third kappa shape index (κ3) is 3.46. The molecule has 2 aromatic rings. The van der Waals surface area contributed by atoms with Crippen molar-refractivity contribution in [3.8, 4) is 0 Å². The van der Waals surface area contributed by atoms with E-state index in [2.05, 4.69) is 31.4 Å². The van der Waals surface area contributed by atoms with Crippen molar-refractivity contribution >= 4 is 27.5 Å².